The molecule has 0 aliphatic heterocycles. The van der Waals surface area contributed by atoms with Crippen molar-refractivity contribution < 1.29 is 14.3 Å². The fourth-order valence-electron chi connectivity index (χ4n) is 2.19. The lowest BCUT2D eigenvalue weighted by Crippen LogP contribution is -2.31. The Morgan fingerprint density at radius 1 is 0.833 bits per heavy atom. The zero-order chi connectivity index (χ0) is 17.0. The van der Waals surface area contributed by atoms with Crippen LogP contribution >= 0.6 is 0 Å². The molecule has 2 rings (SSSR count). The second-order valence-electron chi connectivity index (χ2n) is 5.28. The summed E-state index contributed by atoms with van der Waals surface area (Å²) in [6, 6.07) is 19.6. The van der Waals surface area contributed by atoms with Crippen LogP contribution in [0.3, 0.4) is 0 Å². The molecule has 2 aromatic rings. The molecule has 3 nitrogen and oxygen atoms in total. The molecule has 0 amide bonds. The molecule has 0 unspecified atom stereocenters. The normalized spacial score (nSPS) is 13.5. The van der Waals surface area contributed by atoms with E-state index in [9.17, 15) is 4.79 Å². The predicted molar refractivity (Wildman–Crippen MR) is 95.4 cm³/mol. The van der Waals surface area contributed by atoms with E-state index in [0.29, 0.717) is 13.2 Å². The maximum absolute atomic E-state index is 11.5. The zero-order valence-electron chi connectivity index (χ0n) is 13.6. The van der Waals surface area contributed by atoms with E-state index in [1.165, 1.54) is 0 Å². The van der Waals surface area contributed by atoms with Crippen LogP contribution in [0.4, 0.5) is 0 Å². The molecule has 0 aromatic heterocycles. The fourth-order valence-corrected chi connectivity index (χ4v) is 2.19. The summed E-state index contributed by atoms with van der Waals surface area (Å²) in [6.45, 7) is 4.43. The van der Waals surface area contributed by atoms with Crippen molar-refractivity contribution in [2.45, 2.75) is 25.4 Å². The van der Waals surface area contributed by atoms with Gasteiger partial charge in [-0.05, 0) is 11.1 Å². The van der Waals surface area contributed by atoms with E-state index in [1.807, 2.05) is 60.7 Å². The van der Waals surface area contributed by atoms with E-state index in [-0.39, 0.29) is 0 Å². The van der Waals surface area contributed by atoms with Gasteiger partial charge < -0.3 is 14.3 Å². The van der Waals surface area contributed by atoms with Gasteiger partial charge in [0.2, 0.25) is 0 Å². The van der Waals surface area contributed by atoms with Gasteiger partial charge in [-0.3, -0.25) is 0 Å². The third-order valence-corrected chi connectivity index (χ3v) is 3.47. The lowest BCUT2D eigenvalue weighted by molar-refractivity contribution is -0.128. The predicted octanol–water partition coefficient (Wildman–Crippen LogP) is 4.10. The molecule has 0 bridgehead atoms. The maximum Gasteiger partial charge on any atom is 0.151 e. The molecule has 0 saturated carbocycles. The molecule has 24 heavy (non-hydrogen) atoms. The van der Waals surface area contributed by atoms with Gasteiger partial charge in [-0.2, -0.15) is 0 Å². The average Bonchev–Trinajstić information content (AvgIpc) is 2.65. The van der Waals surface area contributed by atoms with Crippen LogP contribution in [0.15, 0.2) is 85.5 Å². The van der Waals surface area contributed by atoms with Gasteiger partial charge in [-0.15, -0.1) is 0 Å². The SMILES string of the molecule is C=C/C=C/[C@@H](OCc1ccccc1)[C@H](C=O)OCc1ccccc1. The van der Waals surface area contributed by atoms with Crippen LogP contribution in [-0.4, -0.2) is 18.5 Å². The highest BCUT2D eigenvalue weighted by Crippen LogP contribution is 2.12. The second kappa shape index (κ2) is 10.3. The highest BCUT2D eigenvalue weighted by atomic mass is 16.5. The fraction of sp³-hybridized carbons (Fsp3) is 0.190. The molecule has 124 valence electrons. The highest BCUT2D eigenvalue weighted by Gasteiger charge is 2.20. The van der Waals surface area contributed by atoms with Crippen molar-refractivity contribution in [2.75, 3.05) is 0 Å². The minimum Gasteiger partial charge on any atom is -0.366 e. The van der Waals surface area contributed by atoms with Crippen molar-refractivity contribution in [2.24, 2.45) is 0 Å². The van der Waals surface area contributed by atoms with Gasteiger partial charge in [0.05, 0.1) is 13.2 Å². The molecule has 2 aromatic carbocycles. The van der Waals surface area contributed by atoms with Crippen molar-refractivity contribution in [1.82, 2.24) is 0 Å². The molecule has 0 radical (unpaired) electrons. The van der Waals surface area contributed by atoms with E-state index < -0.39 is 12.2 Å². The smallest absolute Gasteiger partial charge is 0.151 e. The van der Waals surface area contributed by atoms with Gasteiger partial charge in [-0.25, -0.2) is 0 Å². The summed E-state index contributed by atoms with van der Waals surface area (Å²) in [5.74, 6) is 0. The van der Waals surface area contributed by atoms with Crippen LogP contribution in [0, 0.1) is 0 Å². The minimum absolute atomic E-state index is 0.359. The van der Waals surface area contributed by atoms with Crippen molar-refractivity contribution in [3.05, 3.63) is 96.6 Å². The molecule has 0 spiro atoms. The number of hydrogen-bond acceptors (Lipinski definition) is 3. The quantitative estimate of drug-likeness (QED) is 0.488. The van der Waals surface area contributed by atoms with Crippen LogP contribution < -0.4 is 0 Å². The summed E-state index contributed by atoms with van der Waals surface area (Å²) in [6.07, 6.45) is 4.84. The molecule has 0 N–H and O–H groups in total. The third-order valence-electron chi connectivity index (χ3n) is 3.47. The number of ether oxygens (including phenoxy) is 2. The molecule has 3 heteroatoms. The Hall–Kier alpha value is -2.49. The lowest BCUT2D eigenvalue weighted by atomic mass is 10.2. The van der Waals surface area contributed by atoms with Crippen molar-refractivity contribution in [3.8, 4) is 0 Å². The zero-order valence-corrected chi connectivity index (χ0v) is 13.6. The van der Waals surface area contributed by atoms with Gasteiger partial charge >= 0.3 is 0 Å². The molecule has 0 fully saturated rings. The largest absolute Gasteiger partial charge is 0.366 e. The van der Waals surface area contributed by atoms with Gasteiger partial charge in [0.15, 0.2) is 6.29 Å². The minimum atomic E-state index is -0.676. The monoisotopic (exact) mass is 322 g/mol. The number of benzene rings is 2. The Bertz CT molecular complexity index is 635. The van der Waals surface area contributed by atoms with E-state index in [4.69, 9.17) is 9.47 Å². The summed E-state index contributed by atoms with van der Waals surface area (Å²) in [5.41, 5.74) is 2.06. The topological polar surface area (TPSA) is 35.5 Å². The first-order valence-corrected chi connectivity index (χ1v) is 7.89. The molecule has 0 saturated heterocycles. The van der Waals surface area contributed by atoms with Crippen molar-refractivity contribution >= 4 is 6.29 Å². The van der Waals surface area contributed by atoms with Gasteiger partial charge in [-0.1, -0.05) is 85.5 Å². The van der Waals surface area contributed by atoms with E-state index >= 15 is 0 Å². The van der Waals surface area contributed by atoms with Crippen molar-refractivity contribution in [3.63, 3.8) is 0 Å². The number of hydrogen-bond donors (Lipinski definition) is 0. The number of allylic oxidation sites excluding steroid dienone is 2. The van der Waals surface area contributed by atoms with Crippen LogP contribution in [-0.2, 0) is 27.5 Å². The van der Waals surface area contributed by atoms with Crippen molar-refractivity contribution in [1.29, 1.82) is 0 Å². The Labute approximate surface area is 143 Å². The standard InChI is InChI=1S/C21H22O3/c1-2-3-14-20(23-16-18-10-6-4-7-11-18)21(15-22)24-17-19-12-8-5-9-13-19/h2-15,20-21H,1,16-17H2/b14-3+/t20-,21+/m1/s1. The Kier molecular flexibility index (Phi) is 7.68. The lowest BCUT2D eigenvalue weighted by Gasteiger charge is -2.21. The molecule has 0 aliphatic rings. The summed E-state index contributed by atoms with van der Waals surface area (Å²) in [5, 5.41) is 0. The summed E-state index contributed by atoms with van der Waals surface area (Å²) in [7, 11) is 0. The first kappa shape index (κ1) is 17.9. The molecule has 0 heterocycles. The van der Waals surface area contributed by atoms with E-state index in [2.05, 4.69) is 6.58 Å². The Morgan fingerprint density at radius 2 is 1.33 bits per heavy atom. The highest BCUT2D eigenvalue weighted by molar-refractivity contribution is 5.58. The molecule has 0 aliphatic carbocycles. The Balaban J connectivity index is 1.98. The number of carbonyl (C=O) groups is 1. The molecular formula is C21H22O3. The number of aldehydes is 1. The van der Waals surface area contributed by atoms with Crippen LogP contribution in [0.2, 0.25) is 0 Å². The average molecular weight is 322 g/mol. The van der Waals surface area contributed by atoms with Gasteiger partial charge in [0.25, 0.3) is 0 Å². The maximum atomic E-state index is 11.5. The third kappa shape index (κ3) is 5.95. The summed E-state index contributed by atoms with van der Waals surface area (Å²) >= 11 is 0. The Morgan fingerprint density at radius 3 is 1.79 bits per heavy atom. The second-order valence-corrected chi connectivity index (χ2v) is 5.28. The first-order chi connectivity index (χ1) is 11.8. The molecular weight excluding hydrogens is 300 g/mol. The van der Waals surface area contributed by atoms with Gasteiger partial charge in [0, 0.05) is 0 Å². The number of rotatable bonds is 10. The number of carbonyl (C=O) groups excluding carboxylic acids is 1. The van der Waals surface area contributed by atoms with E-state index in [0.717, 1.165) is 17.4 Å². The van der Waals surface area contributed by atoms with Gasteiger partial charge in [0.1, 0.15) is 12.2 Å². The van der Waals surface area contributed by atoms with Crippen LogP contribution in [0.5, 0.6) is 0 Å². The van der Waals surface area contributed by atoms with Crippen LogP contribution in [0.1, 0.15) is 11.1 Å². The first-order valence-electron chi connectivity index (χ1n) is 7.89. The summed E-state index contributed by atoms with van der Waals surface area (Å²) in [4.78, 5) is 11.5. The van der Waals surface area contributed by atoms with Crippen LogP contribution in [0.25, 0.3) is 0 Å². The molecule has 2 atom stereocenters. The van der Waals surface area contributed by atoms with E-state index in [1.54, 1.807) is 18.2 Å². The summed E-state index contributed by atoms with van der Waals surface area (Å²) < 4.78 is 11.6.